The number of rotatable bonds is 3. The third-order valence-electron chi connectivity index (χ3n) is 3.78. The largest absolute Gasteiger partial charge is 0.326 e. The smallest absolute Gasteiger partial charge is 0.277 e. The molecule has 130 valence electrons. The topological polar surface area (TPSA) is 88.4 Å². The van der Waals surface area contributed by atoms with Gasteiger partial charge in [-0.15, -0.1) is 0 Å². The van der Waals surface area contributed by atoms with Crippen LogP contribution in [0.25, 0.3) is 15.9 Å². The molecule has 0 fully saturated rings. The number of fused-ring (bicyclic) bond motifs is 2. The Hall–Kier alpha value is -3.26. The van der Waals surface area contributed by atoms with Crippen molar-refractivity contribution in [1.29, 1.82) is 0 Å². The number of benzene rings is 1. The molecule has 26 heavy (non-hydrogen) atoms. The fraction of sp³-hybridized carbons (Fsp3) is 0.111. The summed E-state index contributed by atoms with van der Waals surface area (Å²) in [6.45, 7) is 3.43. The number of hydrogen-bond donors (Lipinski definition) is 2. The predicted molar refractivity (Wildman–Crippen MR) is 102 cm³/mol. The summed E-state index contributed by atoms with van der Waals surface area (Å²) in [5, 5.41) is 6.01. The number of thiazole rings is 1. The van der Waals surface area contributed by atoms with Crippen LogP contribution in [-0.2, 0) is 4.79 Å². The Labute approximate surface area is 152 Å². The molecule has 0 saturated heterocycles. The highest BCUT2D eigenvalue weighted by atomic mass is 32.1. The number of aryl methyl sites for hydroxylation is 1. The Balaban J connectivity index is 1.58. The molecule has 0 aliphatic rings. The van der Waals surface area contributed by atoms with Crippen LogP contribution in [0.4, 0.5) is 10.8 Å². The normalized spacial score (nSPS) is 11.0. The van der Waals surface area contributed by atoms with Crippen molar-refractivity contribution in [1.82, 2.24) is 14.4 Å². The molecule has 2 amide bonds. The minimum atomic E-state index is -0.313. The summed E-state index contributed by atoms with van der Waals surface area (Å²) in [6, 6.07) is 9.28. The second-order valence-electron chi connectivity index (χ2n) is 5.93. The molecule has 1 aromatic carbocycles. The van der Waals surface area contributed by atoms with Crippen molar-refractivity contribution in [3.63, 3.8) is 0 Å². The van der Waals surface area contributed by atoms with E-state index < -0.39 is 0 Å². The molecule has 0 atom stereocenters. The standard InChI is InChI=1S/C18H15N5O2S/c1-10-5-6-23-9-14(20-16(23)7-10)17(25)22-18-21-13-4-3-12(19-11(2)24)8-15(13)26-18/h3-9H,1-2H3,(H,19,24)(H,21,22,25). The molecule has 0 saturated carbocycles. The number of nitrogens with zero attached hydrogens (tertiary/aromatic N) is 3. The summed E-state index contributed by atoms with van der Waals surface area (Å²) in [4.78, 5) is 32.4. The highest BCUT2D eigenvalue weighted by molar-refractivity contribution is 7.22. The first-order valence-corrected chi connectivity index (χ1v) is 8.74. The molecule has 0 unspecified atom stereocenters. The lowest BCUT2D eigenvalue weighted by Crippen LogP contribution is -2.11. The third-order valence-corrected chi connectivity index (χ3v) is 4.71. The number of anilines is 2. The van der Waals surface area contributed by atoms with Gasteiger partial charge in [-0.1, -0.05) is 11.3 Å². The Kier molecular flexibility index (Phi) is 3.89. The molecular formula is C18H15N5O2S. The summed E-state index contributed by atoms with van der Waals surface area (Å²) >= 11 is 1.34. The minimum absolute atomic E-state index is 0.135. The number of carbonyl (C=O) groups excluding carboxylic acids is 2. The highest BCUT2D eigenvalue weighted by Gasteiger charge is 2.14. The Bertz CT molecular complexity index is 1160. The van der Waals surface area contributed by atoms with E-state index in [-0.39, 0.29) is 11.8 Å². The molecule has 3 aromatic heterocycles. The fourth-order valence-electron chi connectivity index (χ4n) is 2.61. The first kappa shape index (κ1) is 16.2. The van der Waals surface area contributed by atoms with E-state index in [1.807, 2.05) is 31.3 Å². The molecule has 8 heteroatoms. The van der Waals surface area contributed by atoms with Crippen molar-refractivity contribution in [3.05, 3.63) is 54.0 Å². The second-order valence-corrected chi connectivity index (χ2v) is 6.96. The van der Waals surface area contributed by atoms with Gasteiger partial charge in [0, 0.05) is 25.0 Å². The Morgan fingerprint density at radius 1 is 1.12 bits per heavy atom. The molecule has 4 aromatic rings. The second kappa shape index (κ2) is 6.23. The predicted octanol–water partition coefficient (Wildman–Crippen LogP) is 3.46. The summed E-state index contributed by atoms with van der Waals surface area (Å²) in [6.07, 6.45) is 3.56. The van der Waals surface area contributed by atoms with Gasteiger partial charge in [0.15, 0.2) is 5.13 Å². The molecular weight excluding hydrogens is 350 g/mol. The maximum Gasteiger partial charge on any atom is 0.277 e. The van der Waals surface area contributed by atoms with Crippen molar-refractivity contribution in [2.45, 2.75) is 13.8 Å². The van der Waals surface area contributed by atoms with Gasteiger partial charge in [0.1, 0.15) is 11.3 Å². The lowest BCUT2D eigenvalue weighted by molar-refractivity contribution is -0.114. The summed E-state index contributed by atoms with van der Waals surface area (Å²) in [5.41, 5.74) is 3.58. The van der Waals surface area contributed by atoms with Gasteiger partial charge in [0.05, 0.1) is 10.2 Å². The van der Waals surface area contributed by atoms with E-state index in [9.17, 15) is 9.59 Å². The zero-order valence-electron chi connectivity index (χ0n) is 14.1. The molecule has 0 bridgehead atoms. The number of nitrogens with one attached hydrogen (secondary N) is 2. The number of amides is 2. The van der Waals surface area contributed by atoms with Gasteiger partial charge in [0.25, 0.3) is 5.91 Å². The SMILES string of the molecule is CC(=O)Nc1ccc2nc(NC(=O)c3cn4ccc(C)cc4n3)sc2c1. The maximum absolute atomic E-state index is 12.5. The molecule has 0 spiro atoms. The van der Waals surface area contributed by atoms with Crippen molar-refractivity contribution in [2.75, 3.05) is 10.6 Å². The molecule has 4 rings (SSSR count). The third kappa shape index (κ3) is 3.14. The van der Waals surface area contributed by atoms with Gasteiger partial charge >= 0.3 is 0 Å². The van der Waals surface area contributed by atoms with E-state index in [2.05, 4.69) is 20.6 Å². The molecule has 0 aliphatic carbocycles. The lowest BCUT2D eigenvalue weighted by Gasteiger charge is -1.99. The average Bonchev–Trinajstić information content (AvgIpc) is 3.16. The first-order valence-electron chi connectivity index (χ1n) is 7.93. The van der Waals surface area contributed by atoms with Gasteiger partial charge in [-0.25, -0.2) is 9.97 Å². The van der Waals surface area contributed by atoms with Gasteiger partial charge < -0.3 is 9.72 Å². The van der Waals surface area contributed by atoms with Gasteiger partial charge in [-0.3, -0.25) is 14.9 Å². The number of imidazole rings is 1. The molecule has 7 nitrogen and oxygen atoms in total. The monoisotopic (exact) mass is 365 g/mol. The van der Waals surface area contributed by atoms with E-state index >= 15 is 0 Å². The van der Waals surface area contributed by atoms with Crippen LogP contribution >= 0.6 is 11.3 Å². The number of aromatic nitrogens is 3. The summed E-state index contributed by atoms with van der Waals surface area (Å²) < 4.78 is 2.68. The lowest BCUT2D eigenvalue weighted by atomic mass is 10.3. The van der Waals surface area contributed by atoms with Crippen LogP contribution in [0.5, 0.6) is 0 Å². The van der Waals surface area contributed by atoms with Crippen molar-refractivity contribution < 1.29 is 9.59 Å². The van der Waals surface area contributed by atoms with E-state index in [1.54, 1.807) is 22.7 Å². The van der Waals surface area contributed by atoms with E-state index in [4.69, 9.17) is 0 Å². The Morgan fingerprint density at radius 2 is 1.96 bits per heavy atom. The number of carbonyl (C=O) groups is 2. The minimum Gasteiger partial charge on any atom is -0.326 e. The number of hydrogen-bond acceptors (Lipinski definition) is 5. The zero-order valence-corrected chi connectivity index (χ0v) is 14.9. The summed E-state index contributed by atoms with van der Waals surface area (Å²) in [5.74, 6) is -0.447. The van der Waals surface area contributed by atoms with Crippen LogP contribution in [0.2, 0.25) is 0 Å². The van der Waals surface area contributed by atoms with Crippen molar-refractivity contribution in [2.24, 2.45) is 0 Å². The van der Waals surface area contributed by atoms with Gasteiger partial charge in [0.2, 0.25) is 5.91 Å². The average molecular weight is 365 g/mol. The van der Waals surface area contributed by atoms with Crippen LogP contribution < -0.4 is 10.6 Å². The van der Waals surface area contributed by atoms with Crippen LogP contribution in [0.1, 0.15) is 23.0 Å². The van der Waals surface area contributed by atoms with Crippen LogP contribution in [0.15, 0.2) is 42.7 Å². The van der Waals surface area contributed by atoms with Crippen molar-refractivity contribution >= 4 is 49.8 Å². The molecule has 2 N–H and O–H groups in total. The van der Waals surface area contributed by atoms with E-state index in [0.717, 1.165) is 21.4 Å². The van der Waals surface area contributed by atoms with Crippen LogP contribution in [0.3, 0.4) is 0 Å². The first-order chi connectivity index (χ1) is 12.5. The summed E-state index contributed by atoms with van der Waals surface area (Å²) in [7, 11) is 0. The molecule has 0 aliphatic heterocycles. The van der Waals surface area contributed by atoms with Gasteiger partial charge in [-0.2, -0.15) is 0 Å². The zero-order chi connectivity index (χ0) is 18.3. The molecule has 0 radical (unpaired) electrons. The molecule has 3 heterocycles. The van der Waals surface area contributed by atoms with Gasteiger partial charge in [-0.05, 0) is 42.8 Å². The van der Waals surface area contributed by atoms with E-state index in [1.165, 1.54) is 18.3 Å². The fourth-order valence-corrected chi connectivity index (χ4v) is 3.51. The van der Waals surface area contributed by atoms with E-state index in [0.29, 0.717) is 16.5 Å². The Morgan fingerprint density at radius 3 is 2.77 bits per heavy atom. The number of pyridine rings is 1. The maximum atomic E-state index is 12.5. The van der Waals surface area contributed by atoms with Crippen LogP contribution in [0, 0.1) is 6.92 Å². The van der Waals surface area contributed by atoms with Crippen molar-refractivity contribution in [3.8, 4) is 0 Å². The highest BCUT2D eigenvalue weighted by Crippen LogP contribution is 2.28. The van der Waals surface area contributed by atoms with Crippen LogP contribution in [-0.4, -0.2) is 26.2 Å². The quantitative estimate of drug-likeness (QED) is 0.582.